The first-order valence-electron chi connectivity index (χ1n) is 7.81. The van der Waals surface area contributed by atoms with Crippen LogP contribution in [0.15, 0.2) is 0 Å². The normalized spacial score (nSPS) is 27.4. The van der Waals surface area contributed by atoms with E-state index in [0.717, 1.165) is 17.8 Å². The summed E-state index contributed by atoms with van der Waals surface area (Å²) in [6, 6.07) is 0.714. The molecule has 1 saturated carbocycles. The van der Waals surface area contributed by atoms with Crippen LogP contribution < -0.4 is 5.32 Å². The zero-order chi connectivity index (χ0) is 12.7. The molecule has 0 aromatic carbocycles. The number of rotatable bonds is 7. The topological polar surface area (TPSA) is 12.0 Å². The van der Waals surface area contributed by atoms with E-state index in [4.69, 9.17) is 0 Å². The van der Waals surface area contributed by atoms with Gasteiger partial charge < -0.3 is 5.32 Å². The highest BCUT2D eigenvalue weighted by molar-refractivity contribution is 4.73. The van der Waals surface area contributed by atoms with Crippen LogP contribution in [0.2, 0.25) is 0 Å². The molecule has 3 atom stereocenters. The molecule has 102 valence electrons. The van der Waals surface area contributed by atoms with Crippen LogP contribution in [0.3, 0.4) is 0 Å². The lowest BCUT2D eigenvalue weighted by atomic mass is 9.82. The first kappa shape index (κ1) is 15.0. The van der Waals surface area contributed by atoms with Crippen molar-refractivity contribution in [3.8, 4) is 0 Å². The first-order valence-corrected chi connectivity index (χ1v) is 7.81. The van der Waals surface area contributed by atoms with Gasteiger partial charge in [0.1, 0.15) is 0 Å². The van der Waals surface area contributed by atoms with Gasteiger partial charge in [-0.2, -0.15) is 0 Å². The van der Waals surface area contributed by atoms with E-state index in [1.807, 2.05) is 0 Å². The van der Waals surface area contributed by atoms with E-state index in [1.165, 1.54) is 51.5 Å². The molecule has 0 aromatic rings. The standard InChI is InChI=1S/C16H33N/c1-13(2)7-5-9-15(4)17-12-16-10-6-8-14(3)11-16/h13-17H,5-12H2,1-4H3. The number of hydrogen-bond acceptors (Lipinski definition) is 1. The highest BCUT2D eigenvalue weighted by Gasteiger charge is 2.18. The lowest BCUT2D eigenvalue weighted by Crippen LogP contribution is -2.33. The van der Waals surface area contributed by atoms with Crippen molar-refractivity contribution >= 4 is 0 Å². The second-order valence-electron chi connectivity index (χ2n) is 6.77. The molecule has 1 aliphatic rings. The van der Waals surface area contributed by atoms with Gasteiger partial charge in [0.15, 0.2) is 0 Å². The Labute approximate surface area is 109 Å². The third-order valence-corrected chi connectivity index (χ3v) is 4.22. The van der Waals surface area contributed by atoms with Crippen LogP contribution in [0.1, 0.15) is 72.6 Å². The molecule has 1 fully saturated rings. The van der Waals surface area contributed by atoms with Crippen LogP contribution >= 0.6 is 0 Å². The lowest BCUT2D eigenvalue weighted by Gasteiger charge is -2.28. The SMILES string of the molecule is CC(C)CCCC(C)NCC1CCCC(C)C1. The Balaban J connectivity index is 2.04. The Morgan fingerprint density at radius 1 is 1.12 bits per heavy atom. The van der Waals surface area contributed by atoms with E-state index in [1.54, 1.807) is 0 Å². The largest absolute Gasteiger partial charge is 0.314 e. The summed E-state index contributed by atoms with van der Waals surface area (Å²) in [6.45, 7) is 10.7. The molecule has 0 bridgehead atoms. The molecule has 1 N–H and O–H groups in total. The molecule has 0 heterocycles. The fourth-order valence-electron chi connectivity index (χ4n) is 3.05. The first-order chi connectivity index (χ1) is 8.08. The van der Waals surface area contributed by atoms with Crippen molar-refractivity contribution < 1.29 is 0 Å². The van der Waals surface area contributed by atoms with Gasteiger partial charge in [-0.3, -0.25) is 0 Å². The predicted octanol–water partition coefficient (Wildman–Crippen LogP) is 4.62. The lowest BCUT2D eigenvalue weighted by molar-refractivity contribution is 0.266. The zero-order valence-electron chi connectivity index (χ0n) is 12.5. The van der Waals surface area contributed by atoms with Crippen LogP contribution in [-0.4, -0.2) is 12.6 Å². The van der Waals surface area contributed by atoms with Crippen molar-refractivity contribution in [1.29, 1.82) is 0 Å². The summed E-state index contributed by atoms with van der Waals surface area (Å²) in [4.78, 5) is 0. The summed E-state index contributed by atoms with van der Waals surface area (Å²) in [5.74, 6) is 2.78. The van der Waals surface area contributed by atoms with Crippen LogP contribution in [0, 0.1) is 17.8 Å². The Morgan fingerprint density at radius 2 is 1.88 bits per heavy atom. The molecule has 1 nitrogen and oxygen atoms in total. The van der Waals surface area contributed by atoms with Crippen LogP contribution in [0.25, 0.3) is 0 Å². The fraction of sp³-hybridized carbons (Fsp3) is 1.00. The Hall–Kier alpha value is -0.0400. The Morgan fingerprint density at radius 3 is 2.53 bits per heavy atom. The van der Waals surface area contributed by atoms with Gasteiger partial charge in [0.2, 0.25) is 0 Å². The van der Waals surface area contributed by atoms with Crippen molar-refractivity contribution in [2.45, 2.75) is 78.7 Å². The Kier molecular flexibility index (Phi) is 7.18. The van der Waals surface area contributed by atoms with Crippen molar-refractivity contribution in [2.24, 2.45) is 17.8 Å². The van der Waals surface area contributed by atoms with Crippen LogP contribution in [0.5, 0.6) is 0 Å². The molecule has 1 aliphatic carbocycles. The molecule has 0 radical (unpaired) electrons. The van der Waals surface area contributed by atoms with Gasteiger partial charge in [0, 0.05) is 6.04 Å². The minimum absolute atomic E-state index is 0.714. The van der Waals surface area contributed by atoms with Gasteiger partial charge in [-0.15, -0.1) is 0 Å². The summed E-state index contributed by atoms with van der Waals surface area (Å²) in [7, 11) is 0. The maximum Gasteiger partial charge on any atom is 0.00388 e. The third kappa shape index (κ3) is 7.08. The van der Waals surface area contributed by atoms with Gasteiger partial charge in [-0.25, -0.2) is 0 Å². The summed E-state index contributed by atoms with van der Waals surface area (Å²) in [5, 5.41) is 3.75. The van der Waals surface area contributed by atoms with Gasteiger partial charge in [0.05, 0.1) is 0 Å². The van der Waals surface area contributed by atoms with E-state index in [9.17, 15) is 0 Å². The molecule has 0 aliphatic heterocycles. The predicted molar refractivity (Wildman–Crippen MR) is 77.3 cm³/mol. The average Bonchev–Trinajstić information content (AvgIpc) is 2.26. The minimum Gasteiger partial charge on any atom is -0.314 e. The molecule has 1 heteroatoms. The second-order valence-corrected chi connectivity index (χ2v) is 6.77. The summed E-state index contributed by atoms with van der Waals surface area (Å²) in [5.41, 5.74) is 0. The van der Waals surface area contributed by atoms with Gasteiger partial charge >= 0.3 is 0 Å². The molecule has 0 spiro atoms. The highest BCUT2D eigenvalue weighted by atomic mass is 14.9. The molecule has 0 aromatic heterocycles. The molecule has 3 unspecified atom stereocenters. The summed E-state index contributed by atoms with van der Waals surface area (Å²) >= 11 is 0. The molecule has 1 rings (SSSR count). The molecule has 17 heavy (non-hydrogen) atoms. The van der Waals surface area contributed by atoms with Crippen molar-refractivity contribution in [1.82, 2.24) is 5.32 Å². The van der Waals surface area contributed by atoms with E-state index in [0.29, 0.717) is 6.04 Å². The number of nitrogens with one attached hydrogen (secondary N) is 1. The Bertz CT molecular complexity index is 188. The van der Waals surface area contributed by atoms with Crippen LogP contribution in [-0.2, 0) is 0 Å². The van der Waals surface area contributed by atoms with E-state index in [2.05, 4.69) is 33.0 Å². The summed E-state index contributed by atoms with van der Waals surface area (Å²) in [6.07, 6.45) is 9.93. The second kappa shape index (κ2) is 8.13. The van der Waals surface area contributed by atoms with Crippen molar-refractivity contribution in [3.63, 3.8) is 0 Å². The maximum atomic E-state index is 3.75. The zero-order valence-corrected chi connectivity index (χ0v) is 12.5. The van der Waals surface area contributed by atoms with Gasteiger partial charge in [0.25, 0.3) is 0 Å². The molecular formula is C16H33N. The van der Waals surface area contributed by atoms with Crippen LogP contribution in [0.4, 0.5) is 0 Å². The van der Waals surface area contributed by atoms with Crippen molar-refractivity contribution in [3.05, 3.63) is 0 Å². The maximum absolute atomic E-state index is 3.75. The number of hydrogen-bond donors (Lipinski definition) is 1. The fourth-order valence-corrected chi connectivity index (χ4v) is 3.05. The van der Waals surface area contributed by atoms with Crippen molar-refractivity contribution in [2.75, 3.05) is 6.54 Å². The van der Waals surface area contributed by atoms with Gasteiger partial charge in [-0.05, 0) is 50.5 Å². The van der Waals surface area contributed by atoms with E-state index < -0.39 is 0 Å². The molecule has 0 amide bonds. The minimum atomic E-state index is 0.714. The summed E-state index contributed by atoms with van der Waals surface area (Å²) < 4.78 is 0. The van der Waals surface area contributed by atoms with Gasteiger partial charge in [-0.1, -0.05) is 46.5 Å². The quantitative estimate of drug-likeness (QED) is 0.683. The average molecular weight is 239 g/mol. The monoisotopic (exact) mass is 239 g/mol. The molecular weight excluding hydrogens is 206 g/mol. The highest BCUT2D eigenvalue weighted by Crippen LogP contribution is 2.28. The smallest absolute Gasteiger partial charge is 0.00388 e. The third-order valence-electron chi connectivity index (χ3n) is 4.22. The van der Waals surface area contributed by atoms with E-state index in [-0.39, 0.29) is 0 Å². The van der Waals surface area contributed by atoms with E-state index >= 15 is 0 Å². The molecule has 0 saturated heterocycles.